The van der Waals surface area contributed by atoms with Gasteiger partial charge in [-0.15, -0.1) is 12.4 Å². The molecule has 1 aliphatic rings. The van der Waals surface area contributed by atoms with E-state index in [1.54, 1.807) is 0 Å². The summed E-state index contributed by atoms with van der Waals surface area (Å²) in [6.45, 7) is 3.42. The largest absolute Gasteiger partial charge is 0.359 e. The summed E-state index contributed by atoms with van der Waals surface area (Å²) in [6.07, 6.45) is 1.94. The molecule has 0 saturated carbocycles. The van der Waals surface area contributed by atoms with Crippen molar-refractivity contribution in [2.24, 2.45) is 11.7 Å². The predicted molar refractivity (Wildman–Crippen MR) is 99.3 cm³/mol. The maximum atomic E-state index is 12.1. The molecule has 1 aromatic carbocycles. The molecule has 1 unspecified atom stereocenters. The fourth-order valence-corrected chi connectivity index (χ4v) is 3.11. The summed E-state index contributed by atoms with van der Waals surface area (Å²) in [5.74, 6) is 0.964. The molecule has 2 heterocycles. The van der Waals surface area contributed by atoms with E-state index in [9.17, 15) is 4.79 Å². The highest BCUT2D eigenvalue weighted by Crippen LogP contribution is 2.22. The highest BCUT2D eigenvalue weighted by molar-refractivity contribution is 5.85. The number of nitrogens with zero attached hydrogens (tertiary/aromatic N) is 2. The molecule has 0 aliphatic carbocycles. The summed E-state index contributed by atoms with van der Waals surface area (Å²) in [7, 11) is 0. The number of carbonyl (C=O) groups is 1. The number of hydrogen-bond donors (Lipinski definition) is 2. The smallest absolute Gasteiger partial charge is 0.224 e. The maximum absolute atomic E-state index is 12.1. The van der Waals surface area contributed by atoms with E-state index in [-0.39, 0.29) is 24.2 Å². The lowest BCUT2D eigenvalue weighted by atomic mass is 9.97. The molecule has 0 bridgehead atoms. The molecule has 6 nitrogen and oxygen atoms in total. The Morgan fingerprint density at radius 3 is 2.92 bits per heavy atom. The van der Waals surface area contributed by atoms with E-state index < -0.39 is 0 Å². The van der Waals surface area contributed by atoms with Crippen molar-refractivity contribution >= 4 is 18.3 Å². The van der Waals surface area contributed by atoms with Crippen molar-refractivity contribution in [2.45, 2.75) is 19.4 Å². The molecule has 1 atom stereocenters. The van der Waals surface area contributed by atoms with E-state index in [0.717, 1.165) is 42.9 Å². The lowest BCUT2D eigenvalue weighted by molar-refractivity contribution is -0.126. The van der Waals surface area contributed by atoms with E-state index in [0.29, 0.717) is 19.6 Å². The summed E-state index contributed by atoms with van der Waals surface area (Å²) in [4.78, 5) is 14.4. The van der Waals surface area contributed by atoms with Gasteiger partial charge in [0.05, 0.1) is 12.5 Å². The first-order chi connectivity index (χ1) is 11.8. The van der Waals surface area contributed by atoms with Crippen molar-refractivity contribution < 1.29 is 9.32 Å². The first-order valence-corrected chi connectivity index (χ1v) is 8.47. The molecule has 1 aromatic heterocycles. The van der Waals surface area contributed by atoms with Gasteiger partial charge in [-0.25, -0.2) is 0 Å². The number of halogens is 1. The fourth-order valence-electron chi connectivity index (χ4n) is 3.11. The zero-order valence-corrected chi connectivity index (χ0v) is 15.0. The van der Waals surface area contributed by atoms with Crippen LogP contribution in [-0.2, 0) is 11.3 Å². The van der Waals surface area contributed by atoms with Gasteiger partial charge >= 0.3 is 0 Å². The molecule has 3 rings (SSSR count). The van der Waals surface area contributed by atoms with Gasteiger partial charge in [0.25, 0.3) is 0 Å². The molecule has 1 amide bonds. The fraction of sp³-hybridized carbons (Fsp3) is 0.444. The monoisotopic (exact) mass is 364 g/mol. The molecule has 136 valence electrons. The van der Waals surface area contributed by atoms with Crippen LogP contribution in [0.1, 0.15) is 18.6 Å². The second-order valence-corrected chi connectivity index (χ2v) is 6.20. The van der Waals surface area contributed by atoms with Crippen LogP contribution in [0.15, 0.2) is 40.9 Å². The number of rotatable bonds is 6. The molecule has 3 N–H and O–H groups in total. The highest BCUT2D eigenvalue weighted by Gasteiger charge is 2.26. The van der Waals surface area contributed by atoms with Crippen molar-refractivity contribution in [1.29, 1.82) is 0 Å². The van der Waals surface area contributed by atoms with Crippen LogP contribution in [0.4, 0.5) is 0 Å². The second-order valence-electron chi connectivity index (χ2n) is 6.20. The quantitative estimate of drug-likeness (QED) is 0.819. The van der Waals surface area contributed by atoms with E-state index in [4.69, 9.17) is 10.3 Å². The lowest BCUT2D eigenvalue weighted by Crippen LogP contribution is -2.43. The van der Waals surface area contributed by atoms with Gasteiger partial charge in [0.1, 0.15) is 5.69 Å². The number of piperidine rings is 1. The number of nitrogens with one attached hydrogen (secondary N) is 1. The molecule has 0 radical (unpaired) electrons. The van der Waals surface area contributed by atoms with E-state index in [1.165, 1.54) is 0 Å². The Morgan fingerprint density at radius 2 is 2.16 bits per heavy atom. The van der Waals surface area contributed by atoms with Gasteiger partial charge in [0.2, 0.25) is 5.91 Å². The van der Waals surface area contributed by atoms with Crippen LogP contribution in [0.5, 0.6) is 0 Å². The van der Waals surface area contributed by atoms with Gasteiger partial charge in [-0.1, -0.05) is 35.5 Å². The molecule has 25 heavy (non-hydrogen) atoms. The summed E-state index contributed by atoms with van der Waals surface area (Å²) in [5.41, 5.74) is 7.34. The number of hydrogen-bond acceptors (Lipinski definition) is 5. The van der Waals surface area contributed by atoms with Crippen LogP contribution in [0.2, 0.25) is 0 Å². The van der Waals surface area contributed by atoms with Gasteiger partial charge in [0.15, 0.2) is 5.76 Å². The van der Waals surface area contributed by atoms with E-state index in [2.05, 4.69) is 15.4 Å². The third-order valence-corrected chi connectivity index (χ3v) is 4.33. The van der Waals surface area contributed by atoms with Gasteiger partial charge in [-0.2, -0.15) is 0 Å². The molecule has 1 fully saturated rings. The highest BCUT2D eigenvalue weighted by atomic mass is 35.5. The molecule has 2 aromatic rings. The second kappa shape index (κ2) is 9.56. The van der Waals surface area contributed by atoms with E-state index >= 15 is 0 Å². The average molecular weight is 365 g/mol. The van der Waals surface area contributed by atoms with Crippen LogP contribution in [0.25, 0.3) is 11.3 Å². The van der Waals surface area contributed by atoms with Gasteiger partial charge in [-0.3, -0.25) is 9.69 Å². The van der Waals surface area contributed by atoms with Crippen LogP contribution < -0.4 is 11.1 Å². The van der Waals surface area contributed by atoms with Crippen molar-refractivity contribution in [1.82, 2.24) is 15.4 Å². The number of aromatic nitrogens is 1. The average Bonchev–Trinajstić information content (AvgIpc) is 3.09. The maximum Gasteiger partial charge on any atom is 0.224 e. The number of likely N-dealkylation sites (tertiary alicyclic amines) is 1. The van der Waals surface area contributed by atoms with Crippen molar-refractivity contribution in [3.8, 4) is 11.3 Å². The third kappa shape index (κ3) is 5.29. The Kier molecular flexibility index (Phi) is 7.43. The minimum atomic E-state index is 0. The topological polar surface area (TPSA) is 84.4 Å². The van der Waals surface area contributed by atoms with Crippen LogP contribution in [-0.4, -0.2) is 42.1 Å². The first-order valence-electron chi connectivity index (χ1n) is 8.47. The number of benzene rings is 1. The minimum absolute atomic E-state index is 0. The van der Waals surface area contributed by atoms with Crippen LogP contribution in [0, 0.1) is 5.92 Å². The number of amides is 1. The van der Waals surface area contributed by atoms with Crippen LogP contribution in [0.3, 0.4) is 0 Å². The Balaban J connectivity index is 0.00000225. The third-order valence-electron chi connectivity index (χ3n) is 4.33. The molecular formula is C18H25ClN4O2. The standard InChI is InChI=1S/C18H24N4O2.ClH/c19-8-9-20-18(23)15-7-4-10-22(12-15)13-16-11-17(21-24-16)14-5-2-1-3-6-14;/h1-3,5-6,11,15H,4,7-10,12-13,19H2,(H,20,23);1H. The van der Waals surface area contributed by atoms with Crippen molar-refractivity contribution in [3.63, 3.8) is 0 Å². The summed E-state index contributed by atoms with van der Waals surface area (Å²) >= 11 is 0. The van der Waals surface area contributed by atoms with Crippen LogP contribution >= 0.6 is 12.4 Å². The Hall–Kier alpha value is -1.89. The SMILES string of the molecule is Cl.NCCNC(=O)C1CCCN(Cc2cc(-c3ccccc3)no2)C1. The van der Waals surface area contributed by atoms with Gasteiger partial charge in [0, 0.05) is 31.3 Å². The van der Waals surface area contributed by atoms with Gasteiger partial charge in [-0.05, 0) is 19.4 Å². The van der Waals surface area contributed by atoms with Crippen molar-refractivity contribution in [2.75, 3.05) is 26.2 Å². The Morgan fingerprint density at radius 1 is 1.36 bits per heavy atom. The first kappa shape index (κ1) is 19.4. The van der Waals surface area contributed by atoms with E-state index in [1.807, 2.05) is 36.4 Å². The van der Waals surface area contributed by atoms with Gasteiger partial charge < -0.3 is 15.6 Å². The zero-order chi connectivity index (χ0) is 16.8. The Labute approximate surface area is 154 Å². The Bertz CT molecular complexity index is 662. The molecule has 1 saturated heterocycles. The molecule has 1 aliphatic heterocycles. The lowest BCUT2D eigenvalue weighted by Gasteiger charge is -2.31. The summed E-state index contributed by atoms with van der Waals surface area (Å²) in [5, 5.41) is 7.04. The number of nitrogens with two attached hydrogens (primary N) is 1. The normalized spacial score (nSPS) is 17.7. The van der Waals surface area contributed by atoms with Crippen molar-refractivity contribution in [3.05, 3.63) is 42.2 Å². The zero-order valence-electron chi connectivity index (χ0n) is 14.2. The summed E-state index contributed by atoms with van der Waals surface area (Å²) < 4.78 is 5.47. The molecule has 7 heteroatoms. The molecule has 0 spiro atoms. The number of carbonyl (C=O) groups excluding carboxylic acids is 1. The minimum Gasteiger partial charge on any atom is -0.359 e. The molecular weight excluding hydrogens is 340 g/mol. The summed E-state index contributed by atoms with van der Waals surface area (Å²) in [6, 6.07) is 12.0. The predicted octanol–water partition coefficient (Wildman–Crippen LogP) is 2.05.